The molecule has 0 radical (unpaired) electrons. The summed E-state index contributed by atoms with van der Waals surface area (Å²) in [4.78, 5) is 26.1. The van der Waals surface area contributed by atoms with Crippen molar-refractivity contribution in [3.8, 4) is 0 Å². The summed E-state index contributed by atoms with van der Waals surface area (Å²) in [6.45, 7) is 5.58. The highest BCUT2D eigenvalue weighted by Crippen LogP contribution is 2.27. The Morgan fingerprint density at radius 1 is 1.17 bits per heavy atom. The third kappa shape index (κ3) is 2.81. The van der Waals surface area contributed by atoms with Crippen molar-refractivity contribution in [3.63, 3.8) is 0 Å². The molecule has 0 saturated carbocycles. The summed E-state index contributed by atoms with van der Waals surface area (Å²) in [5, 5.41) is 0. The average molecular weight is 248 g/mol. The molecule has 0 atom stereocenters. The van der Waals surface area contributed by atoms with E-state index in [-0.39, 0.29) is 11.8 Å². The van der Waals surface area contributed by atoms with Crippen molar-refractivity contribution >= 4 is 11.8 Å². The van der Waals surface area contributed by atoms with Gasteiger partial charge in [0.25, 0.3) is 0 Å². The molecule has 2 heterocycles. The van der Waals surface area contributed by atoms with E-state index in [2.05, 4.69) is 6.08 Å². The summed E-state index contributed by atoms with van der Waals surface area (Å²) in [5.41, 5.74) is 1.32. The van der Waals surface area contributed by atoms with Crippen molar-refractivity contribution in [1.82, 2.24) is 9.80 Å². The lowest BCUT2D eigenvalue weighted by Crippen LogP contribution is -2.37. The van der Waals surface area contributed by atoms with Crippen molar-refractivity contribution in [3.05, 3.63) is 23.9 Å². The van der Waals surface area contributed by atoms with Crippen molar-refractivity contribution in [1.29, 1.82) is 0 Å². The van der Waals surface area contributed by atoms with E-state index in [4.69, 9.17) is 0 Å². The molecular weight excluding hydrogens is 228 g/mol. The van der Waals surface area contributed by atoms with Crippen molar-refractivity contribution in [2.45, 2.75) is 26.7 Å². The Morgan fingerprint density at radius 3 is 2.28 bits per heavy atom. The monoisotopic (exact) mass is 248 g/mol. The Labute approximate surface area is 108 Å². The second-order valence-corrected chi connectivity index (χ2v) is 4.97. The molecule has 4 heteroatoms. The Balaban J connectivity index is 1.90. The zero-order chi connectivity index (χ0) is 13.1. The van der Waals surface area contributed by atoms with Crippen LogP contribution in [0.3, 0.4) is 0 Å². The van der Waals surface area contributed by atoms with E-state index in [0.717, 1.165) is 25.9 Å². The lowest BCUT2D eigenvalue weighted by atomic mass is 9.88. The van der Waals surface area contributed by atoms with Crippen LogP contribution in [-0.2, 0) is 9.59 Å². The molecule has 0 unspecified atom stereocenters. The van der Waals surface area contributed by atoms with Gasteiger partial charge >= 0.3 is 0 Å². The maximum absolute atomic E-state index is 11.3. The average Bonchev–Trinajstić information content (AvgIpc) is 2.39. The van der Waals surface area contributed by atoms with Crippen LogP contribution < -0.4 is 0 Å². The second-order valence-electron chi connectivity index (χ2n) is 4.97. The molecule has 1 fully saturated rings. The molecule has 2 aliphatic heterocycles. The van der Waals surface area contributed by atoms with E-state index in [1.807, 2.05) is 17.2 Å². The van der Waals surface area contributed by atoms with Gasteiger partial charge in [-0.3, -0.25) is 9.59 Å². The first-order valence-electron chi connectivity index (χ1n) is 6.49. The van der Waals surface area contributed by atoms with E-state index in [9.17, 15) is 9.59 Å². The van der Waals surface area contributed by atoms with Gasteiger partial charge in [0, 0.05) is 39.7 Å². The van der Waals surface area contributed by atoms with Gasteiger partial charge in [0.2, 0.25) is 11.8 Å². The fraction of sp³-hybridized carbons (Fsp3) is 0.571. The van der Waals surface area contributed by atoms with Crippen LogP contribution in [0.25, 0.3) is 0 Å². The summed E-state index contributed by atoms with van der Waals surface area (Å²) < 4.78 is 0. The van der Waals surface area contributed by atoms with E-state index < -0.39 is 0 Å². The normalized spacial score (nSPS) is 20.9. The van der Waals surface area contributed by atoms with E-state index in [0.29, 0.717) is 12.5 Å². The molecule has 2 rings (SSSR count). The summed E-state index contributed by atoms with van der Waals surface area (Å²) in [6, 6.07) is 0. The van der Waals surface area contributed by atoms with Gasteiger partial charge < -0.3 is 9.80 Å². The van der Waals surface area contributed by atoms with Crippen LogP contribution in [0.4, 0.5) is 0 Å². The number of allylic oxidation sites excluding steroid dienone is 2. The maximum Gasteiger partial charge on any atom is 0.223 e. The summed E-state index contributed by atoms with van der Waals surface area (Å²) >= 11 is 0. The van der Waals surface area contributed by atoms with Crippen molar-refractivity contribution < 1.29 is 9.59 Å². The largest absolute Gasteiger partial charge is 0.343 e. The zero-order valence-electron chi connectivity index (χ0n) is 11.1. The summed E-state index contributed by atoms with van der Waals surface area (Å²) in [7, 11) is 0. The van der Waals surface area contributed by atoms with Gasteiger partial charge in [-0.1, -0.05) is 6.08 Å². The minimum atomic E-state index is 0.0768. The number of nitrogens with zero attached hydrogens (tertiary/aromatic N) is 2. The van der Waals surface area contributed by atoms with Crippen LogP contribution in [0.1, 0.15) is 26.7 Å². The summed E-state index contributed by atoms with van der Waals surface area (Å²) in [5.74, 6) is 0.781. The Morgan fingerprint density at radius 2 is 1.83 bits per heavy atom. The minimum absolute atomic E-state index is 0.0768. The van der Waals surface area contributed by atoms with Crippen LogP contribution in [-0.4, -0.2) is 41.2 Å². The Bertz CT molecular complexity index is 404. The Kier molecular flexibility index (Phi) is 3.84. The van der Waals surface area contributed by atoms with Gasteiger partial charge in [-0.2, -0.15) is 0 Å². The molecule has 0 N–H and O–H groups in total. The van der Waals surface area contributed by atoms with Crippen LogP contribution in [0, 0.1) is 5.92 Å². The quantitative estimate of drug-likeness (QED) is 0.706. The number of carbonyl (C=O) groups excluding carboxylic acids is 2. The van der Waals surface area contributed by atoms with Crippen LogP contribution in [0.15, 0.2) is 23.9 Å². The molecule has 2 aliphatic rings. The highest BCUT2D eigenvalue weighted by atomic mass is 16.2. The van der Waals surface area contributed by atoms with Crippen LogP contribution in [0.5, 0.6) is 0 Å². The molecule has 98 valence electrons. The van der Waals surface area contributed by atoms with Crippen molar-refractivity contribution in [2.24, 2.45) is 5.92 Å². The van der Waals surface area contributed by atoms with Gasteiger partial charge in [0.05, 0.1) is 0 Å². The molecule has 4 nitrogen and oxygen atoms in total. The topological polar surface area (TPSA) is 40.6 Å². The molecule has 2 amide bonds. The van der Waals surface area contributed by atoms with Gasteiger partial charge in [-0.05, 0) is 30.4 Å². The van der Waals surface area contributed by atoms with E-state index in [1.165, 1.54) is 5.57 Å². The lowest BCUT2D eigenvalue weighted by Gasteiger charge is -2.33. The zero-order valence-corrected chi connectivity index (χ0v) is 11.1. The smallest absolute Gasteiger partial charge is 0.223 e. The molecular formula is C14H20N2O2. The number of hydrogen-bond acceptors (Lipinski definition) is 2. The molecule has 18 heavy (non-hydrogen) atoms. The molecule has 0 bridgehead atoms. The van der Waals surface area contributed by atoms with Crippen LogP contribution >= 0.6 is 0 Å². The van der Waals surface area contributed by atoms with Crippen molar-refractivity contribution in [2.75, 3.05) is 19.6 Å². The van der Waals surface area contributed by atoms with Crippen LogP contribution in [0.2, 0.25) is 0 Å². The predicted molar refractivity (Wildman–Crippen MR) is 69.6 cm³/mol. The van der Waals surface area contributed by atoms with Gasteiger partial charge in [-0.15, -0.1) is 0 Å². The van der Waals surface area contributed by atoms with E-state index >= 15 is 0 Å². The molecule has 0 aliphatic carbocycles. The Hall–Kier alpha value is -1.58. The standard InChI is InChI=1S/C14H20N2O2/c1-11(17)15-7-3-13(4-8-15)14-5-9-16(10-6-14)12(2)18/h3-4,7,14H,5-6,8-10H2,1-2H3. The number of hydrogen-bond donors (Lipinski definition) is 0. The number of carbonyl (C=O) groups is 2. The SMILES string of the molecule is CC(=O)N1C=CC(C2CCN(C(C)=O)CC2)=CC1. The molecule has 0 aromatic rings. The number of piperidine rings is 1. The highest BCUT2D eigenvalue weighted by molar-refractivity contribution is 5.75. The van der Waals surface area contributed by atoms with E-state index in [1.54, 1.807) is 18.7 Å². The number of amides is 2. The maximum atomic E-state index is 11.3. The van der Waals surface area contributed by atoms with Gasteiger partial charge in [0.15, 0.2) is 0 Å². The molecule has 1 saturated heterocycles. The number of rotatable bonds is 1. The lowest BCUT2D eigenvalue weighted by molar-refractivity contribution is -0.130. The first-order valence-corrected chi connectivity index (χ1v) is 6.49. The first kappa shape index (κ1) is 12.9. The van der Waals surface area contributed by atoms with Gasteiger partial charge in [0.1, 0.15) is 0 Å². The highest BCUT2D eigenvalue weighted by Gasteiger charge is 2.23. The molecule has 0 aromatic carbocycles. The predicted octanol–water partition coefficient (Wildman–Crippen LogP) is 1.55. The number of likely N-dealkylation sites (tertiary alicyclic amines) is 1. The van der Waals surface area contributed by atoms with Gasteiger partial charge in [-0.25, -0.2) is 0 Å². The third-order valence-electron chi connectivity index (χ3n) is 3.79. The molecule has 0 aromatic heterocycles. The second kappa shape index (κ2) is 5.38. The first-order chi connectivity index (χ1) is 8.58. The fourth-order valence-corrected chi connectivity index (χ4v) is 2.57. The third-order valence-corrected chi connectivity index (χ3v) is 3.79. The summed E-state index contributed by atoms with van der Waals surface area (Å²) in [6.07, 6.45) is 8.09. The minimum Gasteiger partial charge on any atom is -0.343 e. The fourth-order valence-electron chi connectivity index (χ4n) is 2.57. The molecule has 0 spiro atoms.